The van der Waals surface area contributed by atoms with Crippen LogP contribution >= 0.6 is 22.9 Å². The van der Waals surface area contributed by atoms with Crippen LogP contribution in [0.5, 0.6) is 0 Å². The minimum Gasteiger partial charge on any atom is -0.493 e. The summed E-state index contributed by atoms with van der Waals surface area (Å²) in [7, 11) is -1.23. The fourth-order valence-corrected chi connectivity index (χ4v) is 5.28. The molecule has 10 heteroatoms. The molecule has 0 saturated heterocycles. The first kappa shape index (κ1) is 16.7. The number of nitrogens with zero attached hydrogens (tertiary/aromatic N) is 2. The number of rotatable bonds is 3. The monoisotopic (exact) mass is 385 g/mol. The fraction of sp³-hybridized carbons (Fsp3) is 0.143. The quantitative estimate of drug-likeness (QED) is 0.876. The van der Waals surface area contributed by atoms with Gasteiger partial charge in [-0.05, 0) is 18.2 Å². The van der Waals surface area contributed by atoms with Crippen LogP contribution in [0.25, 0.3) is 5.76 Å². The zero-order chi connectivity index (χ0) is 17.5. The number of anilines is 1. The SMILES string of the molecule is COC1=C(C(=O)Nc2ccccn2)N(C)S(=O)(=O)c2cc(Cl)sc21. The number of thiophene rings is 1. The summed E-state index contributed by atoms with van der Waals surface area (Å²) in [6, 6.07) is 6.34. The van der Waals surface area contributed by atoms with E-state index in [2.05, 4.69) is 10.3 Å². The topological polar surface area (TPSA) is 88.6 Å². The van der Waals surface area contributed by atoms with Crippen LogP contribution in [0.4, 0.5) is 5.82 Å². The van der Waals surface area contributed by atoms with Crippen LogP contribution < -0.4 is 5.32 Å². The molecule has 1 aliphatic rings. The molecule has 1 N–H and O–H groups in total. The predicted molar refractivity (Wildman–Crippen MR) is 91.1 cm³/mol. The van der Waals surface area contributed by atoms with Gasteiger partial charge < -0.3 is 10.1 Å². The summed E-state index contributed by atoms with van der Waals surface area (Å²) in [6.45, 7) is 0. The smallest absolute Gasteiger partial charge is 0.278 e. The van der Waals surface area contributed by atoms with E-state index < -0.39 is 15.9 Å². The summed E-state index contributed by atoms with van der Waals surface area (Å²) in [5.41, 5.74) is -0.130. The molecule has 1 aliphatic heterocycles. The number of hydrogen-bond acceptors (Lipinski definition) is 6. The van der Waals surface area contributed by atoms with Gasteiger partial charge in [-0.25, -0.2) is 13.4 Å². The molecule has 24 heavy (non-hydrogen) atoms. The van der Waals surface area contributed by atoms with Crippen molar-refractivity contribution in [1.82, 2.24) is 9.29 Å². The van der Waals surface area contributed by atoms with E-state index in [1.165, 1.54) is 26.4 Å². The lowest BCUT2D eigenvalue weighted by atomic mass is 10.2. The average Bonchev–Trinajstić information content (AvgIpc) is 2.94. The van der Waals surface area contributed by atoms with E-state index in [-0.39, 0.29) is 20.7 Å². The maximum absolute atomic E-state index is 12.6. The molecular weight excluding hydrogens is 374 g/mol. The van der Waals surface area contributed by atoms with Gasteiger partial charge in [0.1, 0.15) is 10.7 Å². The van der Waals surface area contributed by atoms with Crippen molar-refractivity contribution < 1.29 is 17.9 Å². The van der Waals surface area contributed by atoms with E-state index in [1.54, 1.807) is 18.2 Å². The molecule has 0 saturated carbocycles. The van der Waals surface area contributed by atoms with Crippen LogP contribution in [-0.4, -0.2) is 37.8 Å². The molecule has 2 aromatic heterocycles. The Morgan fingerprint density at radius 1 is 1.42 bits per heavy atom. The van der Waals surface area contributed by atoms with Crippen LogP contribution in [0.15, 0.2) is 41.1 Å². The maximum Gasteiger partial charge on any atom is 0.278 e. The van der Waals surface area contributed by atoms with Crippen molar-refractivity contribution >= 4 is 50.4 Å². The number of likely N-dealkylation sites (N-methyl/N-ethyl adjacent to an activating group) is 1. The normalized spacial score (nSPS) is 15.9. The molecule has 1 amide bonds. The minimum absolute atomic E-state index is 0.0197. The predicted octanol–water partition coefficient (Wildman–Crippen LogP) is 2.38. The van der Waals surface area contributed by atoms with Gasteiger partial charge in [-0.3, -0.25) is 9.10 Å². The van der Waals surface area contributed by atoms with Crippen molar-refractivity contribution in [3.05, 3.63) is 45.4 Å². The number of fused-ring (bicyclic) bond motifs is 1. The van der Waals surface area contributed by atoms with Crippen LogP contribution in [0, 0.1) is 0 Å². The number of sulfonamides is 1. The molecule has 0 atom stereocenters. The third-order valence-electron chi connectivity index (χ3n) is 3.37. The highest BCUT2D eigenvalue weighted by atomic mass is 35.5. The van der Waals surface area contributed by atoms with Gasteiger partial charge in [0.05, 0.1) is 16.3 Å². The van der Waals surface area contributed by atoms with Gasteiger partial charge in [0.15, 0.2) is 11.5 Å². The molecule has 0 fully saturated rings. The molecule has 0 bridgehead atoms. The van der Waals surface area contributed by atoms with Crippen molar-refractivity contribution in [2.45, 2.75) is 4.90 Å². The summed E-state index contributed by atoms with van der Waals surface area (Å²) in [6.07, 6.45) is 1.51. The fourth-order valence-electron chi connectivity index (χ4n) is 2.26. The number of halogens is 1. The van der Waals surface area contributed by atoms with Gasteiger partial charge in [0, 0.05) is 13.2 Å². The summed E-state index contributed by atoms with van der Waals surface area (Å²) >= 11 is 6.99. The number of hydrogen-bond donors (Lipinski definition) is 1. The molecule has 3 heterocycles. The van der Waals surface area contributed by atoms with Gasteiger partial charge in [-0.15, -0.1) is 11.3 Å². The summed E-state index contributed by atoms with van der Waals surface area (Å²) in [5.74, 6) is -0.203. The highest BCUT2D eigenvalue weighted by Crippen LogP contribution is 2.43. The Kier molecular flexibility index (Phi) is 4.24. The van der Waals surface area contributed by atoms with Gasteiger partial charge in [0.25, 0.3) is 15.9 Å². The first-order chi connectivity index (χ1) is 11.4. The molecule has 3 rings (SSSR count). The highest BCUT2D eigenvalue weighted by molar-refractivity contribution is 7.89. The lowest BCUT2D eigenvalue weighted by Crippen LogP contribution is -2.37. The maximum atomic E-state index is 12.6. The number of carbonyl (C=O) groups excluding carboxylic acids is 1. The van der Waals surface area contributed by atoms with E-state index in [4.69, 9.17) is 16.3 Å². The van der Waals surface area contributed by atoms with Gasteiger partial charge >= 0.3 is 0 Å². The molecule has 2 aromatic rings. The minimum atomic E-state index is -3.89. The molecule has 7 nitrogen and oxygen atoms in total. The molecular formula is C14H12ClN3O4S2. The van der Waals surface area contributed by atoms with E-state index >= 15 is 0 Å². The summed E-state index contributed by atoms with van der Waals surface area (Å²) in [4.78, 5) is 16.9. The third kappa shape index (κ3) is 2.64. The molecule has 0 aromatic carbocycles. The van der Waals surface area contributed by atoms with Crippen molar-refractivity contribution in [3.8, 4) is 0 Å². The second kappa shape index (κ2) is 6.08. The number of nitrogens with one attached hydrogen (secondary N) is 1. The van der Waals surface area contributed by atoms with Gasteiger partial charge in [-0.2, -0.15) is 0 Å². The van der Waals surface area contributed by atoms with Crippen molar-refractivity contribution in [2.75, 3.05) is 19.5 Å². The van der Waals surface area contributed by atoms with E-state index in [1.807, 2.05) is 0 Å². The van der Waals surface area contributed by atoms with Crippen molar-refractivity contribution in [3.63, 3.8) is 0 Å². The molecule has 0 spiro atoms. The van der Waals surface area contributed by atoms with E-state index in [0.717, 1.165) is 15.6 Å². The molecule has 0 unspecified atom stereocenters. The van der Waals surface area contributed by atoms with Crippen LogP contribution in [0.3, 0.4) is 0 Å². The van der Waals surface area contributed by atoms with Crippen LogP contribution in [-0.2, 0) is 19.6 Å². The second-order valence-electron chi connectivity index (χ2n) is 4.77. The zero-order valence-electron chi connectivity index (χ0n) is 12.6. The lowest BCUT2D eigenvalue weighted by molar-refractivity contribution is -0.113. The standard InChI is InChI=1S/C14H12ClN3O4S2/c1-18-11(14(19)17-10-5-3-4-6-16-10)12(22-2)13-8(24(18,20)21)7-9(15)23-13/h3-7H,1-2H3,(H,16,17,19). The number of pyridine rings is 1. The Morgan fingerprint density at radius 2 is 2.17 bits per heavy atom. The van der Waals surface area contributed by atoms with E-state index in [9.17, 15) is 13.2 Å². The van der Waals surface area contributed by atoms with Gasteiger partial charge in [-0.1, -0.05) is 17.7 Å². The number of amides is 1. The first-order valence-electron chi connectivity index (χ1n) is 6.65. The Morgan fingerprint density at radius 3 is 2.79 bits per heavy atom. The lowest BCUT2D eigenvalue weighted by Gasteiger charge is -2.28. The summed E-state index contributed by atoms with van der Waals surface area (Å²) in [5, 5.41) is 2.56. The molecule has 0 aliphatic carbocycles. The van der Waals surface area contributed by atoms with Crippen molar-refractivity contribution in [2.24, 2.45) is 0 Å². The summed E-state index contributed by atoms with van der Waals surface area (Å²) < 4.78 is 31.8. The van der Waals surface area contributed by atoms with Crippen LogP contribution in [0.1, 0.15) is 4.88 Å². The Balaban J connectivity index is 2.13. The third-order valence-corrected chi connectivity index (χ3v) is 6.54. The first-order valence-corrected chi connectivity index (χ1v) is 9.29. The number of ether oxygens (including phenoxy) is 1. The highest BCUT2D eigenvalue weighted by Gasteiger charge is 2.40. The molecule has 126 valence electrons. The Hall–Kier alpha value is -2.10. The number of methoxy groups -OCH3 is 1. The molecule has 0 radical (unpaired) electrons. The zero-order valence-corrected chi connectivity index (χ0v) is 15.0. The Labute approximate surface area is 147 Å². The van der Waals surface area contributed by atoms with Gasteiger partial charge in [0.2, 0.25) is 0 Å². The number of aromatic nitrogens is 1. The van der Waals surface area contributed by atoms with E-state index in [0.29, 0.717) is 10.7 Å². The van der Waals surface area contributed by atoms with Crippen LogP contribution in [0.2, 0.25) is 4.34 Å². The van der Waals surface area contributed by atoms with Crippen molar-refractivity contribution in [1.29, 1.82) is 0 Å². The largest absolute Gasteiger partial charge is 0.493 e. The number of carbonyl (C=O) groups is 1. The Bertz CT molecular complexity index is 938. The average molecular weight is 386 g/mol. The second-order valence-corrected chi connectivity index (χ2v) is 8.39.